The van der Waals surface area contributed by atoms with Crippen molar-refractivity contribution >= 4 is 23.1 Å². The molecule has 2 aromatic rings. The first-order chi connectivity index (χ1) is 10.3. The Balaban J connectivity index is 1.64. The van der Waals surface area contributed by atoms with E-state index < -0.39 is 0 Å². The van der Waals surface area contributed by atoms with Crippen molar-refractivity contribution in [1.82, 2.24) is 15.3 Å². The fraction of sp³-hybridized carbons (Fsp3) is 0.357. The highest BCUT2D eigenvalue weighted by Gasteiger charge is 2.27. The lowest BCUT2D eigenvalue weighted by molar-refractivity contribution is 0.0944. The number of thiophene rings is 1. The van der Waals surface area contributed by atoms with Crippen molar-refractivity contribution in [2.45, 2.75) is 12.5 Å². The van der Waals surface area contributed by atoms with Gasteiger partial charge in [-0.1, -0.05) is 6.07 Å². The highest BCUT2D eigenvalue weighted by atomic mass is 32.1. The third kappa shape index (κ3) is 2.97. The quantitative estimate of drug-likeness (QED) is 0.928. The average molecular weight is 304 g/mol. The molecule has 1 aliphatic heterocycles. The van der Waals surface area contributed by atoms with Gasteiger partial charge in [0.25, 0.3) is 11.8 Å². The van der Waals surface area contributed by atoms with Gasteiger partial charge in [-0.25, -0.2) is 9.97 Å². The van der Waals surface area contributed by atoms with E-state index >= 15 is 0 Å². The average Bonchev–Trinajstić information content (AvgIpc) is 3.18. The molecule has 7 heteroatoms. The van der Waals surface area contributed by atoms with Crippen LogP contribution in [0.1, 0.15) is 16.1 Å². The molecule has 0 aromatic carbocycles. The van der Waals surface area contributed by atoms with Gasteiger partial charge in [-0.2, -0.15) is 0 Å². The molecule has 1 atom stereocenters. The summed E-state index contributed by atoms with van der Waals surface area (Å²) >= 11 is 1.45. The molecule has 0 unspecified atom stereocenters. The van der Waals surface area contributed by atoms with Crippen LogP contribution in [0, 0.1) is 0 Å². The van der Waals surface area contributed by atoms with E-state index in [1.165, 1.54) is 11.3 Å². The molecule has 0 spiro atoms. The second-order valence-electron chi connectivity index (χ2n) is 4.77. The maximum atomic E-state index is 12.1. The van der Waals surface area contributed by atoms with Crippen molar-refractivity contribution in [2.75, 3.05) is 25.1 Å². The van der Waals surface area contributed by atoms with Gasteiger partial charge in [0.05, 0.1) is 12.0 Å². The van der Waals surface area contributed by atoms with Crippen LogP contribution >= 0.6 is 11.3 Å². The fourth-order valence-corrected chi connectivity index (χ4v) is 3.04. The van der Waals surface area contributed by atoms with Gasteiger partial charge in [0, 0.05) is 31.5 Å². The van der Waals surface area contributed by atoms with E-state index in [-0.39, 0.29) is 11.9 Å². The van der Waals surface area contributed by atoms with Crippen LogP contribution in [0.25, 0.3) is 0 Å². The van der Waals surface area contributed by atoms with Crippen LogP contribution in [0.4, 0.5) is 5.82 Å². The maximum absolute atomic E-state index is 12.1. The normalized spacial score (nSPS) is 17.8. The molecule has 1 saturated heterocycles. The highest BCUT2D eigenvalue weighted by Crippen LogP contribution is 2.25. The third-order valence-corrected chi connectivity index (χ3v) is 4.28. The van der Waals surface area contributed by atoms with Gasteiger partial charge in [0.2, 0.25) is 0 Å². The molecule has 0 radical (unpaired) electrons. The first-order valence-corrected chi connectivity index (χ1v) is 7.60. The summed E-state index contributed by atoms with van der Waals surface area (Å²) in [7, 11) is 1.58. The second-order valence-corrected chi connectivity index (χ2v) is 5.72. The Bertz CT molecular complexity index is 617. The molecule has 0 aliphatic carbocycles. The van der Waals surface area contributed by atoms with Crippen LogP contribution in [-0.4, -0.2) is 42.1 Å². The Hall–Kier alpha value is -2.15. The number of nitrogens with one attached hydrogen (secondary N) is 1. The molecule has 1 fully saturated rings. The molecular formula is C14H16N4O2S. The van der Waals surface area contributed by atoms with E-state index in [0.29, 0.717) is 12.4 Å². The summed E-state index contributed by atoms with van der Waals surface area (Å²) in [5.41, 5.74) is 0. The number of hydrogen-bond donors (Lipinski definition) is 1. The van der Waals surface area contributed by atoms with Gasteiger partial charge in [0.15, 0.2) is 5.82 Å². The van der Waals surface area contributed by atoms with Crippen molar-refractivity contribution in [2.24, 2.45) is 0 Å². The summed E-state index contributed by atoms with van der Waals surface area (Å²) in [6.45, 7) is 1.54. The van der Waals surface area contributed by atoms with Crippen LogP contribution in [0.15, 0.2) is 29.9 Å². The molecule has 110 valence electrons. The Kier molecular flexibility index (Phi) is 4.01. The molecule has 3 heterocycles. The molecule has 6 nitrogen and oxygen atoms in total. The van der Waals surface area contributed by atoms with Gasteiger partial charge in [-0.05, 0) is 17.9 Å². The molecule has 0 saturated carbocycles. The van der Waals surface area contributed by atoms with Crippen molar-refractivity contribution in [3.8, 4) is 5.88 Å². The minimum absolute atomic E-state index is 0.0111. The van der Waals surface area contributed by atoms with Crippen LogP contribution in [0.5, 0.6) is 5.88 Å². The number of methoxy groups -OCH3 is 1. The monoisotopic (exact) mass is 304 g/mol. The number of hydrogen-bond acceptors (Lipinski definition) is 6. The zero-order valence-corrected chi connectivity index (χ0v) is 12.5. The number of anilines is 1. The van der Waals surface area contributed by atoms with E-state index in [1.54, 1.807) is 19.5 Å². The summed E-state index contributed by atoms with van der Waals surface area (Å²) < 4.78 is 5.23. The Labute approximate surface area is 126 Å². The first kappa shape index (κ1) is 13.8. The summed E-state index contributed by atoms with van der Waals surface area (Å²) in [5.74, 6) is 1.23. The lowest BCUT2D eigenvalue weighted by Crippen LogP contribution is -2.37. The second kappa shape index (κ2) is 6.09. The maximum Gasteiger partial charge on any atom is 0.261 e. The van der Waals surface area contributed by atoms with E-state index in [4.69, 9.17) is 4.74 Å². The topological polar surface area (TPSA) is 67.4 Å². The van der Waals surface area contributed by atoms with Gasteiger partial charge >= 0.3 is 0 Å². The van der Waals surface area contributed by atoms with Crippen molar-refractivity contribution < 1.29 is 9.53 Å². The van der Waals surface area contributed by atoms with Gasteiger partial charge in [-0.3, -0.25) is 4.79 Å². The molecule has 3 rings (SSSR count). The van der Waals surface area contributed by atoms with E-state index in [9.17, 15) is 4.79 Å². The van der Waals surface area contributed by atoms with E-state index in [2.05, 4.69) is 20.2 Å². The summed E-state index contributed by atoms with van der Waals surface area (Å²) in [4.78, 5) is 23.4. The Morgan fingerprint density at radius 3 is 3.10 bits per heavy atom. The number of carbonyl (C=O) groups is 1. The zero-order chi connectivity index (χ0) is 14.7. The number of ether oxygens (including phenoxy) is 1. The fourth-order valence-electron chi connectivity index (χ4n) is 2.41. The smallest absolute Gasteiger partial charge is 0.261 e. The molecule has 0 bridgehead atoms. The van der Waals surface area contributed by atoms with E-state index in [0.717, 1.165) is 23.7 Å². The number of amides is 1. The Morgan fingerprint density at radius 2 is 2.33 bits per heavy atom. The summed E-state index contributed by atoms with van der Waals surface area (Å²) in [6.07, 6.45) is 4.14. The largest absolute Gasteiger partial charge is 0.478 e. The van der Waals surface area contributed by atoms with Crippen molar-refractivity contribution in [3.05, 3.63) is 34.8 Å². The minimum atomic E-state index is -0.0111. The van der Waals surface area contributed by atoms with Gasteiger partial charge in [-0.15, -0.1) is 11.3 Å². The number of rotatable bonds is 4. The SMILES string of the molecule is COc1nccnc1N1CC[C@@H](NC(=O)c2cccs2)C1. The minimum Gasteiger partial charge on any atom is -0.478 e. The molecule has 1 amide bonds. The van der Waals surface area contributed by atoms with Crippen LogP contribution in [-0.2, 0) is 0 Å². The number of nitrogens with zero attached hydrogens (tertiary/aromatic N) is 3. The Morgan fingerprint density at radius 1 is 1.48 bits per heavy atom. The van der Waals surface area contributed by atoms with Crippen LogP contribution < -0.4 is 15.0 Å². The zero-order valence-electron chi connectivity index (χ0n) is 11.7. The third-order valence-electron chi connectivity index (χ3n) is 3.41. The molecule has 21 heavy (non-hydrogen) atoms. The molecule has 1 N–H and O–H groups in total. The first-order valence-electron chi connectivity index (χ1n) is 6.72. The van der Waals surface area contributed by atoms with Crippen molar-refractivity contribution in [3.63, 3.8) is 0 Å². The van der Waals surface area contributed by atoms with Crippen LogP contribution in [0.2, 0.25) is 0 Å². The number of carbonyl (C=O) groups excluding carboxylic acids is 1. The molecule has 2 aromatic heterocycles. The predicted molar refractivity (Wildman–Crippen MR) is 81.0 cm³/mol. The van der Waals surface area contributed by atoms with E-state index in [1.807, 2.05) is 17.5 Å². The molecule has 1 aliphatic rings. The summed E-state index contributed by atoms with van der Waals surface area (Å²) in [5, 5.41) is 4.96. The standard InChI is InChI=1S/C14H16N4O2S/c1-20-14-12(15-5-6-16-14)18-7-4-10(9-18)17-13(19)11-3-2-8-21-11/h2-3,5-6,8,10H,4,7,9H2,1H3,(H,17,19)/t10-/m1/s1. The lowest BCUT2D eigenvalue weighted by atomic mass is 10.2. The molecular weight excluding hydrogens is 288 g/mol. The van der Waals surface area contributed by atoms with Gasteiger partial charge in [0.1, 0.15) is 0 Å². The van der Waals surface area contributed by atoms with Gasteiger partial charge < -0.3 is 15.0 Å². The predicted octanol–water partition coefficient (Wildman–Crippen LogP) is 1.56. The lowest BCUT2D eigenvalue weighted by Gasteiger charge is -2.19. The highest BCUT2D eigenvalue weighted by molar-refractivity contribution is 7.12. The number of aromatic nitrogens is 2. The summed E-state index contributed by atoms with van der Waals surface area (Å²) in [6, 6.07) is 3.83. The van der Waals surface area contributed by atoms with Crippen molar-refractivity contribution in [1.29, 1.82) is 0 Å². The van der Waals surface area contributed by atoms with Crippen LogP contribution in [0.3, 0.4) is 0 Å².